The molecule has 3 heterocycles. The second kappa shape index (κ2) is 6.49. The summed E-state index contributed by atoms with van der Waals surface area (Å²) in [5, 5.41) is 0.692. The van der Waals surface area contributed by atoms with Gasteiger partial charge in [0.05, 0.1) is 22.7 Å². The van der Waals surface area contributed by atoms with Crippen LogP contribution >= 0.6 is 27.7 Å². The number of fused-ring (bicyclic) bond motifs is 1. The number of nitrogen functional groups attached to an aromatic ring is 1. The molecular weight excluding hydrogens is 419 g/mol. The quantitative estimate of drug-likeness (QED) is 0.485. The molecule has 0 aromatic carbocycles. The van der Waals surface area contributed by atoms with Crippen LogP contribution in [-0.2, 0) is 13.2 Å². The first kappa shape index (κ1) is 18.0. The van der Waals surface area contributed by atoms with E-state index in [2.05, 4.69) is 30.9 Å². The first-order valence-electron chi connectivity index (χ1n) is 7.14. The van der Waals surface area contributed by atoms with Crippen LogP contribution in [0.5, 0.6) is 0 Å². The van der Waals surface area contributed by atoms with Crippen molar-refractivity contribution in [2.75, 3.05) is 5.73 Å². The number of aromatic nitrogens is 4. The molecule has 2 N–H and O–H groups in total. The van der Waals surface area contributed by atoms with Gasteiger partial charge >= 0.3 is 6.18 Å². The molecule has 0 fully saturated rings. The van der Waals surface area contributed by atoms with E-state index < -0.39 is 11.9 Å². The fraction of sp³-hybridized carbons (Fsp3) is 0.267. The zero-order valence-corrected chi connectivity index (χ0v) is 15.6. The highest BCUT2D eigenvalue weighted by atomic mass is 79.9. The average molecular weight is 432 g/mol. The summed E-state index contributed by atoms with van der Waals surface area (Å²) in [5.74, 6) is -0.216. The lowest BCUT2D eigenvalue weighted by Crippen LogP contribution is -2.11. The van der Waals surface area contributed by atoms with Crippen molar-refractivity contribution in [3.8, 4) is 0 Å². The highest BCUT2D eigenvalue weighted by Crippen LogP contribution is 2.36. The Bertz CT molecular complexity index is 941. The maximum atomic E-state index is 12.9. The van der Waals surface area contributed by atoms with Gasteiger partial charge in [-0.25, -0.2) is 9.97 Å². The topological polar surface area (TPSA) is 69.6 Å². The van der Waals surface area contributed by atoms with Crippen molar-refractivity contribution >= 4 is 44.4 Å². The maximum absolute atomic E-state index is 12.9. The highest BCUT2D eigenvalue weighted by Gasteiger charge is 2.33. The van der Waals surface area contributed by atoms with Gasteiger partial charge in [-0.05, 0) is 28.9 Å². The Balaban J connectivity index is 1.91. The number of pyridine rings is 1. The molecule has 0 spiro atoms. The minimum atomic E-state index is -4.57. The third-order valence-corrected chi connectivity index (χ3v) is 5.18. The molecule has 25 heavy (non-hydrogen) atoms. The van der Waals surface area contributed by atoms with Gasteiger partial charge in [0.15, 0.2) is 10.9 Å². The number of thioether (sulfide) groups is 1. The van der Waals surface area contributed by atoms with Crippen LogP contribution in [0.25, 0.3) is 10.9 Å². The van der Waals surface area contributed by atoms with Crippen LogP contribution in [0.4, 0.5) is 19.0 Å². The Morgan fingerprint density at radius 3 is 2.68 bits per heavy atom. The van der Waals surface area contributed by atoms with Crippen LogP contribution in [0.15, 0.2) is 34.2 Å². The van der Waals surface area contributed by atoms with Gasteiger partial charge in [-0.1, -0.05) is 11.8 Å². The molecule has 5 nitrogen and oxygen atoms in total. The molecule has 0 amide bonds. The number of nitrogens with two attached hydrogens (primary N) is 1. The predicted molar refractivity (Wildman–Crippen MR) is 94.1 cm³/mol. The van der Waals surface area contributed by atoms with Crippen molar-refractivity contribution in [1.82, 2.24) is 19.5 Å². The standard InChI is InChI=1S/C15H13BrF3N5S/c1-7(10-3-8-9(16)6-24(2)11(8)5-21-10)25-14-22-12(15(17,18)19)4-13(20)23-14/h3-7H,1-2H3,(H2,20,22,23). The second-order valence-corrected chi connectivity index (χ2v) is 7.60. The van der Waals surface area contributed by atoms with Crippen LogP contribution in [0, 0.1) is 0 Å². The molecule has 0 radical (unpaired) electrons. The number of rotatable bonds is 3. The molecule has 0 aliphatic carbocycles. The van der Waals surface area contributed by atoms with Crippen LogP contribution in [-0.4, -0.2) is 19.5 Å². The van der Waals surface area contributed by atoms with Crippen molar-refractivity contribution in [3.63, 3.8) is 0 Å². The Labute approximate surface area is 154 Å². The zero-order valence-electron chi connectivity index (χ0n) is 13.2. The van der Waals surface area contributed by atoms with Crippen LogP contribution in [0.3, 0.4) is 0 Å². The van der Waals surface area contributed by atoms with E-state index in [9.17, 15) is 13.2 Å². The van der Waals surface area contributed by atoms with Crippen LogP contribution in [0.1, 0.15) is 23.6 Å². The summed E-state index contributed by atoms with van der Waals surface area (Å²) in [6.07, 6.45) is -0.917. The largest absolute Gasteiger partial charge is 0.433 e. The van der Waals surface area contributed by atoms with Gasteiger partial charge in [0.25, 0.3) is 0 Å². The van der Waals surface area contributed by atoms with E-state index in [-0.39, 0.29) is 16.2 Å². The fourth-order valence-corrected chi connectivity index (χ4v) is 3.83. The summed E-state index contributed by atoms with van der Waals surface area (Å²) in [6.45, 7) is 1.83. The Morgan fingerprint density at radius 2 is 2.00 bits per heavy atom. The molecule has 0 saturated carbocycles. The maximum Gasteiger partial charge on any atom is 0.433 e. The molecule has 1 unspecified atom stereocenters. The van der Waals surface area contributed by atoms with Crippen LogP contribution in [0.2, 0.25) is 0 Å². The van der Waals surface area contributed by atoms with E-state index in [0.29, 0.717) is 5.69 Å². The van der Waals surface area contributed by atoms with E-state index in [1.165, 1.54) is 0 Å². The molecule has 0 bridgehead atoms. The van der Waals surface area contributed by atoms with Crippen LogP contribution < -0.4 is 5.73 Å². The number of hydrogen-bond donors (Lipinski definition) is 1. The molecule has 0 saturated heterocycles. The van der Waals surface area contributed by atoms with E-state index >= 15 is 0 Å². The van der Waals surface area contributed by atoms with Gasteiger partial charge in [0.1, 0.15) is 5.82 Å². The Morgan fingerprint density at radius 1 is 1.28 bits per heavy atom. The first-order chi connectivity index (χ1) is 11.6. The summed E-state index contributed by atoms with van der Waals surface area (Å²) >= 11 is 4.56. The van der Waals surface area contributed by atoms with Gasteiger partial charge in [0, 0.05) is 29.2 Å². The van der Waals surface area contributed by atoms with Gasteiger partial charge < -0.3 is 10.3 Å². The molecule has 1 atom stereocenters. The third-order valence-electron chi connectivity index (χ3n) is 3.56. The van der Waals surface area contributed by atoms with E-state index in [0.717, 1.165) is 33.2 Å². The number of halogens is 4. The van der Waals surface area contributed by atoms with E-state index in [4.69, 9.17) is 5.73 Å². The molecular formula is C15H13BrF3N5S. The Hall–Kier alpha value is -1.81. The van der Waals surface area contributed by atoms with Gasteiger partial charge in [-0.15, -0.1) is 0 Å². The highest BCUT2D eigenvalue weighted by molar-refractivity contribution is 9.10. The SMILES string of the molecule is CC(Sc1nc(N)cc(C(F)(F)F)n1)c1cc2c(Br)cn(C)c2cn1. The van der Waals surface area contributed by atoms with E-state index in [1.807, 2.05) is 30.8 Å². The van der Waals surface area contributed by atoms with Crippen molar-refractivity contribution < 1.29 is 13.2 Å². The second-order valence-electron chi connectivity index (χ2n) is 5.43. The number of aryl methyl sites for hydroxylation is 1. The Kier molecular flexibility index (Phi) is 4.67. The predicted octanol–water partition coefficient (Wildman–Crippen LogP) is 4.58. The minimum absolute atomic E-state index is 0.0335. The summed E-state index contributed by atoms with van der Waals surface area (Å²) < 4.78 is 41.4. The molecule has 3 rings (SSSR count). The first-order valence-corrected chi connectivity index (χ1v) is 8.81. The summed E-state index contributed by atoms with van der Waals surface area (Å²) in [5.41, 5.74) is 6.09. The summed E-state index contributed by atoms with van der Waals surface area (Å²) in [6, 6.07) is 2.62. The minimum Gasteiger partial charge on any atom is -0.384 e. The number of alkyl halides is 3. The number of anilines is 1. The number of nitrogens with zero attached hydrogens (tertiary/aromatic N) is 4. The molecule has 10 heteroatoms. The lowest BCUT2D eigenvalue weighted by molar-refractivity contribution is -0.141. The van der Waals surface area contributed by atoms with Gasteiger partial charge in [-0.3, -0.25) is 4.98 Å². The smallest absolute Gasteiger partial charge is 0.384 e. The van der Waals surface area contributed by atoms with Crippen molar-refractivity contribution in [1.29, 1.82) is 0 Å². The molecule has 0 aliphatic heterocycles. The monoisotopic (exact) mass is 431 g/mol. The lowest BCUT2D eigenvalue weighted by Gasteiger charge is -2.12. The van der Waals surface area contributed by atoms with Crippen molar-refractivity contribution in [2.45, 2.75) is 23.5 Å². The fourth-order valence-electron chi connectivity index (χ4n) is 2.33. The van der Waals surface area contributed by atoms with Crippen molar-refractivity contribution in [3.05, 3.63) is 40.4 Å². The zero-order chi connectivity index (χ0) is 18.4. The number of hydrogen-bond acceptors (Lipinski definition) is 5. The van der Waals surface area contributed by atoms with Gasteiger partial charge in [0.2, 0.25) is 0 Å². The van der Waals surface area contributed by atoms with Gasteiger partial charge in [-0.2, -0.15) is 13.2 Å². The molecule has 132 valence electrons. The average Bonchev–Trinajstić information content (AvgIpc) is 2.80. The lowest BCUT2D eigenvalue weighted by atomic mass is 10.2. The van der Waals surface area contributed by atoms with Crippen molar-refractivity contribution in [2.24, 2.45) is 7.05 Å². The molecule has 0 aliphatic rings. The summed E-state index contributed by atoms with van der Waals surface area (Å²) in [4.78, 5) is 11.8. The molecule has 3 aromatic rings. The third kappa shape index (κ3) is 3.74. The normalized spacial score (nSPS) is 13.4. The molecule has 3 aromatic heterocycles. The van der Waals surface area contributed by atoms with E-state index in [1.54, 1.807) is 6.20 Å². The summed E-state index contributed by atoms with van der Waals surface area (Å²) in [7, 11) is 1.91.